The zero-order valence-corrected chi connectivity index (χ0v) is 25.7. The summed E-state index contributed by atoms with van der Waals surface area (Å²) >= 11 is 3.77. The summed E-state index contributed by atoms with van der Waals surface area (Å²) in [5.74, 6) is -0.548. The molecule has 5 rings (SSSR count). The summed E-state index contributed by atoms with van der Waals surface area (Å²) in [5, 5.41) is 0. The zero-order chi connectivity index (χ0) is 29.4. The van der Waals surface area contributed by atoms with E-state index >= 15 is 0 Å². The normalized spacial score (nSPS) is 13.1. The Morgan fingerprint density at radius 1 is 0.707 bits per heavy atom. The third-order valence-electron chi connectivity index (χ3n) is 7.84. The van der Waals surface area contributed by atoms with Gasteiger partial charge in [-0.2, -0.15) is 0 Å². The average Bonchev–Trinajstić information content (AvgIpc) is 3.62. The molecule has 3 aromatic heterocycles. The number of rotatable bonds is 6. The van der Waals surface area contributed by atoms with Crippen molar-refractivity contribution in [2.75, 3.05) is 14.2 Å². The Balaban J connectivity index is 1.83. The summed E-state index contributed by atoms with van der Waals surface area (Å²) in [4.78, 5) is 41.2. The van der Waals surface area contributed by atoms with Crippen molar-refractivity contribution in [1.82, 2.24) is 19.9 Å². The molecule has 0 amide bonds. The summed E-state index contributed by atoms with van der Waals surface area (Å²) in [6, 6.07) is 10.3. The number of aromatic amines is 2. The van der Waals surface area contributed by atoms with E-state index in [-0.39, 0.29) is 24.8 Å². The Labute approximate surface area is 247 Å². The van der Waals surface area contributed by atoms with Crippen molar-refractivity contribution in [3.05, 3.63) is 68.7 Å². The van der Waals surface area contributed by atoms with E-state index in [9.17, 15) is 9.59 Å². The van der Waals surface area contributed by atoms with Gasteiger partial charge < -0.3 is 19.4 Å². The fourth-order valence-corrected chi connectivity index (χ4v) is 5.74. The Kier molecular flexibility index (Phi) is 8.00. The molecule has 0 saturated heterocycles. The number of ether oxygens (including phenoxy) is 2. The maximum Gasteiger partial charge on any atom is 0.305 e. The van der Waals surface area contributed by atoms with E-state index in [1.807, 2.05) is 32.0 Å². The van der Waals surface area contributed by atoms with Gasteiger partial charge in [0, 0.05) is 33.9 Å². The maximum atomic E-state index is 12.1. The largest absolute Gasteiger partial charge is 0.469 e. The van der Waals surface area contributed by atoms with Gasteiger partial charge in [-0.25, -0.2) is 9.97 Å². The fraction of sp³-hybridized carbons (Fsp3) is 0.312. The molecule has 0 saturated carbocycles. The van der Waals surface area contributed by atoms with Crippen molar-refractivity contribution in [2.24, 2.45) is 0 Å². The Hall–Kier alpha value is -3.98. The molecule has 0 radical (unpaired) electrons. The predicted molar refractivity (Wildman–Crippen MR) is 166 cm³/mol. The number of hydrogen-bond donors (Lipinski definition) is 2. The Morgan fingerprint density at radius 2 is 1.27 bits per heavy atom. The quantitative estimate of drug-likeness (QED) is 0.278. The van der Waals surface area contributed by atoms with Crippen LogP contribution in [0.5, 0.6) is 0 Å². The number of H-pyrrole nitrogens is 2. The van der Waals surface area contributed by atoms with Gasteiger partial charge in [0.05, 0.1) is 42.5 Å². The SMILES string of the molecule is COC(=O)CCC1=C(C)c2cc3cc(C)c(cc4[nH]c(cc5nc(cc1n2)C(CCC(=O)OC)=C5C)c(C)c4Br)[nH]3. The first-order valence-electron chi connectivity index (χ1n) is 13.5. The first-order chi connectivity index (χ1) is 19.6. The molecule has 0 atom stereocenters. The average molecular weight is 618 g/mol. The number of esters is 2. The Morgan fingerprint density at radius 3 is 1.83 bits per heavy atom. The van der Waals surface area contributed by atoms with Gasteiger partial charge in [-0.05, 0) is 120 Å². The third kappa shape index (κ3) is 5.63. The minimum atomic E-state index is -0.275. The molecule has 0 unspecified atom stereocenters. The number of carbonyl (C=O) groups is 2. The molecule has 0 fully saturated rings. The van der Waals surface area contributed by atoms with Crippen LogP contribution in [0.1, 0.15) is 73.4 Å². The van der Waals surface area contributed by atoms with Crippen LogP contribution < -0.4 is 0 Å². The van der Waals surface area contributed by atoms with Crippen LogP contribution in [0.4, 0.5) is 0 Å². The second-order valence-electron chi connectivity index (χ2n) is 10.4. The van der Waals surface area contributed by atoms with Crippen molar-refractivity contribution in [3.63, 3.8) is 0 Å². The van der Waals surface area contributed by atoms with Crippen LogP contribution >= 0.6 is 15.9 Å². The van der Waals surface area contributed by atoms with Crippen LogP contribution in [0, 0.1) is 13.8 Å². The van der Waals surface area contributed by atoms with Crippen LogP contribution in [-0.4, -0.2) is 46.1 Å². The first kappa shape index (κ1) is 28.5. The lowest BCUT2D eigenvalue weighted by atomic mass is 9.98. The molecule has 8 bridgehead atoms. The van der Waals surface area contributed by atoms with E-state index in [2.05, 4.69) is 51.9 Å². The van der Waals surface area contributed by atoms with E-state index in [4.69, 9.17) is 19.4 Å². The van der Waals surface area contributed by atoms with Crippen molar-refractivity contribution in [3.8, 4) is 0 Å². The van der Waals surface area contributed by atoms with Crippen LogP contribution in [0.15, 0.2) is 34.8 Å². The molecule has 3 aromatic rings. The number of fused-ring (bicyclic) bond motifs is 8. The topological polar surface area (TPSA) is 110 Å². The lowest BCUT2D eigenvalue weighted by Crippen LogP contribution is -2.01. The van der Waals surface area contributed by atoms with E-state index in [0.29, 0.717) is 12.8 Å². The van der Waals surface area contributed by atoms with Gasteiger partial charge >= 0.3 is 11.9 Å². The van der Waals surface area contributed by atoms with Gasteiger partial charge in [0.1, 0.15) is 0 Å². The molecule has 2 N–H and O–H groups in total. The number of nitrogens with one attached hydrogen (secondary N) is 2. The highest BCUT2D eigenvalue weighted by atomic mass is 79.9. The van der Waals surface area contributed by atoms with Gasteiger partial charge in [-0.1, -0.05) is 0 Å². The van der Waals surface area contributed by atoms with Crippen molar-refractivity contribution in [2.45, 2.75) is 53.4 Å². The molecule has 2 aliphatic heterocycles. The molecule has 8 nitrogen and oxygen atoms in total. The van der Waals surface area contributed by atoms with Gasteiger partial charge in [0.2, 0.25) is 0 Å². The number of nitrogens with zero attached hydrogens (tertiary/aromatic N) is 2. The number of allylic oxidation sites excluding steroid dienone is 4. The minimum absolute atomic E-state index is 0.242. The standard InChI is InChI=1S/C32H33BrN4O4/c1-16-11-20-12-24-17(2)21(7-9-30(38)40-5)27(35-24)15-28-22(8-10-31(39)41-6)18(3)25(36-28)14-26-19(4)32(33)29(37-26)13-23(16)34-20/h11-15,34,37H,7-10H2,1-6H3. The molecule has 9 heteroatoms. The van der Waals surface area contributed by atoms with Crippen LogP contribution in [0.3, 0.4) is 0 Å². The molecular formula is C32H33BrN4O4. The van der Waals surface area contributed by atoms with E-state index in [0.717, 1.165) is 82.7 Å². The lowest BCUT2D eigenvalue weighted by molar-refractivity contribution is -0.141. The second kappa shape index (κ2) is 11.5. The number of aryl methyl sites for hydroxylation is 2. The molecule has 41 heavy (non-hydrogen) atoms. The minimum Gasteiger partial charge on any atom is -0.469 e. The number of methoxy groups -OCH3 is 2. The van der Waals surface area contributed by atoms with Crippen LogP contribution in [-0.2, 0) is 19.1 Å². The smallest absolute Gasteiger partial charge is 0.305 e. The number of hydrogen-bond acceptors (Lipinski definition) is 6. The van der Waals surface area contributed by atoms with Crippen molar-refractivity contribution < 1.29 is 19.1 Å². The summed E-state index contributed by atoms with van der Waals surface area (Å²) < 4.78 is 10.8. The highest BCUT2D eigenvalue weighted by Gasteiger charge is 2.22. The highest BCUT2D eigenvalue weighted by Crippen LogP contribution is 2.38. The number of aromatic nitrogens is 4. The summed E-state index contributed by atoms with van der Waals surface area (Å²) in [6.07, 6.45) is 1.46. The summed E-state index contributed by atoms with van der Waals surface area (Å²) in [5.41, 5.74) is 13.1. The summed E-state index contributed by atoms with van der Waals surface area (Å²) in [7, 11) is 2.80. The molecule has 212 valence electrons. The number of halogens is 1. The fourth-order valence-electron chi connectivity index (χ4n) is 5.31. The summed E-state index contributed by atoms with van der Waals surface area (Å²) in [6.45, 7) is 8.20. The monoisotopic (exact) mass is 616 g/mol. The zero-order valence-electron chi connectivity index (χ0n) is 24.1. The van der Waals surface area contributed by atoms with Gasteiger partial charge in [-0.3, -0.25) is 9.59 Å². The van der Waals surface area contributed by atoms with E-state index < -0.39 is 0 Å². The molecule has 0 aromatic carbocycles. The number of carbonyl (C=O) groups excluding carboxylic acids is 2. The first-order valence-corrected chi connectivity index (χ1v) is 14.3. The molecular weight excluding hydrogens is 584 g/mol. The molecule has 0 aliphatic carbocycles. The van der Waals surface area contributed by atoms with Crippen molar-refractivity contribution in [1.29, 1.82) is 0 Å². The van der Waals surface area contributed by atoms with Gasteiger partial charge in [0.15, 0.2) is 0 Å². The Bertz CT molecular complexity index is 1810. The lowest BCUT2D eigenvalue weighted by Gasteiger charge is -2.06. The maximum absolute atomic E-state index is 12.1. The van der Waals surface area contributed by atoms with Crippen LogP contribution in [0.2, 0.25) is 0 Å². The molecule has 0 spiro atoms. The van der Waals surface area contributed by atoms with E-state index in [1.165, 1.54) is 14.2 Å². The van der Waals surface area contributed by atoms with Crippen molar-refractivity contribution >= 4 is 72.2 Å². The van der Waals surface area contributed by atoms with Gasteiger partial charge in [-0.15, -0.1) is 0 Å². The molecule has 5 heterocycles. The third-order valence-corrected chi connectivity index (χ3v) is 8.86. The highest BCUT2D eigenvalue weighted by molar-refractivity contribution is 9.10. The van der Waals surface area contributed by atoms with Crippen LogP contribution in [0.25, 0.3) is 44.4 Å². The predicted octanol–water partition coefficient (Wildman–Crippen LogP) is 7.46. The van der Waals surface area contributed by atoms with Gasteiger partial charge in [0.25, 0.3) is 0 Å². The molecule has 2 aliphatic rings. The van der Waals surface area contributed by atoms with E-state index in [1.54, 1.807) is 0 Å². The second-order valence-corrected chi connectivity index (χ2v) is 11.2.